The molecule has 1 aliphatic heterocycles. The van der Waals surface area contributed by atoms with Crippen LogP contribution in [0.4, 0.5) is 22.7 Å². The molecule has 1 fully saturated rings. The van der Waals surface area contributed by atoms with Gasteiger partial charge in [-0.15, -0.1) is 0 Å². The molecule has 12 nitrogen and oxygen atoms in total. The van der Waals surface area contributed by atoms with Gasteiger partial charge in [-0.1, -0.05) is 12.1 Å². The van der Waals surface area contributed by atoms with E-state index in [9.17, 15) is 29.8 Å². The summed E-state index contributed by atoms with van der Waals surface area (Å²) in [5.41, 5.74) is 1.41. The van der Waals surface area contributed by atoms with Crippen LogP contribution >= 0.6 is 0 Å². The Hall–Kier alpha value is -4.84. The summed E-state index contributed by atoms with van der Waals surface area (Å²) in [4.78, 5) is 50.4. The van der Waals surface area contributed by atoms with Crippen LogP contribution in [0.2, 0.25) is 0 Å². The zero-order valence-electron chi connectivity index (χ0n) is 19.9. The Morgan fingerprint density at radius 1 is 0.838 bits per heavy atom. The lowest BCUT2D eigenvalue weighted by molar-refractivity contribution is -0.394. The number of aryl methyl sites for hydroxylation is 1. The van der Waals surface area contributed by atoms with Crippen LogP contribution in [-0.4, -0.2) is 52.7 Å². The molecule has 3 aromatic carbocycles. The topological polar surface area (TPSA) is 156 Å². The van der Waals surface area contributed by atoms with E-state index in [-0.39, 0.29) is 17.2 Å². The van der Waals surface area contributed by atoms with Gasteiger partial charge in [-0.05, 0) is 48.9 Å². The molecule has 0 aromatic heterocycles. The first-order valence-electron chi connectivity index (χ1n) is 11.4. The van der Waals surface area contributed by atoms with Crippen molar-refractivity contribution < 1.29 is 19.4 Å². The van der Waals surface area contributed by atoms with E-state index in [0.717, 1.165) is 28.9 Å². The van der Waals surface area contributed by atoms with E-state index in [4.69, 9.17) is 5.84 Å². The normalized spacial score (nSPS) is 13.2. The van der Waals surface area contributed by atoms with Gasteiger partial charge in [0, 0.05) is 49.6 Å². The summed E-state index contributed by atoms with van der Waals surface area (Å²) in [5.74, 6) is 4.89. The number of benzene rings is 3. The molecule has 0 atom stereocenters. The molecule has 0 spiro atoms. The second-order valence-corrected chi connectivity index (χ2v) is 8.59. The van der Waals surface area contributed by atoms with Gasteiger partial charge >= 0.3 is 0 Å². The summed E-state index contributed by atoms with van der Waals surface area (Å²) >= 11 is 0. The molecule has 0 bridgehead atoms. The van der Waals surface area contributed by atoms with Crippen LogP contribution in [0.3, 0.4) is 0 Å². The zero-order valence-corrected chi connectivity index (χ0v) is 19.9. The number of hydrogen-bond donors (Lipinski definition) is 1. The summed E-state index contributed by atoms with van der Waals surface area (Å²) in [6, 6.07) is 16.8. The highest BCUT2D eigenvalue weighted by atomic mass is 16.6. The highest BCUT2D eigenvalue weighted by Gasteiger charge is 2.25. The van der Waals surface area contributed by atoms with Crippen molar-refractivity contribution in [3.63, 3.8) is 0 Å². The fourth-order valence-corrected chi connectivity index (χ4v) is 4.13. The molecule has 0 saturated carbocycles. The summed E-state index contributed by atoms with van der Waals surface area (Å²) < 4.78 is 0. The Bertz CT molecular complexity index is 1340. The quantitative estimate of drug-likeness (QED) is 0.232. The fraction of sp³-hybridized carbons (Fsp3) is 0.200. The molecule has 4 rings (SSSR count). The van der Waals surface area contributed by atoms with Gasteiger partial charge in [0.15, 0.2) is 0 Å². The fourth-order valence-electron chi connectivity index (χ4n) is 4.13. The molecule has 1 saturated heterocycles. The Kier molecular flexibility index (Phi) is 7.11. The van der Waals surface area contributed by atoms with Crippen molar-refractivity contribution in [1.82, 2.24) is 4.90 Å². The summed E-state index contributed by atoms with van der Waals surface area (Å²) in [7, 11) is 0. The smallest absolute Gasteiger partial charge is 0.277 e. The van der Waals surface area contributed by atoms with Gasteiger partial charge in [-0.3, -0.25) is 29.8 Å². The van der Waals surface area contributed by atoms with Crippen LogP contribution in [0.15, 0.2) is 66.7 Å². The van der Waals surface area contributed by atoms with Crippen molar-refractivity contribution in [2.45, 2.75) is 6.92 Å². The number of hydrazine groups is 1. The molecule has 190 valence electrons. The second kappa shape index (κ2) is 10.4. The van der Waals surface area contributed by atoms with Crippen LogP contribution < -0.4 is 15.8 Å². The second-order valence-electron chi connectivity index (χ2n) is 8.59. The van der Waals surface area contributed by atoms with Gasteiger partial charge in [0.1, 0.15) is 0 Å². The number of piperazine rings is 1. The average Bonchev–Trinajstić information content (AvgIpc) is 2.91. The number of rotatable bonds is 6. The number of non-ortho nitro benzene ring substituents is 2. The number of carbonyl (C=O) groups excluding carboxylic acids is 2. The molecule has 0 radical (unpaired) electrons. The lowest BCUT2D eigenvalue weighted by Gasteiger charge is -2.36. The number of amides is 2. The number of hydrogen-bond acceptors (Lipinski definition) is 8. The Balaban J connectivity index is 1.43. The molecule has 3 aromatic rings. The van der Waals surface area contributed by atoms with Crippen molar-refractivity contribution in [2.24, 2.45) is 5.84 Å². The van der Waals surface area contributed by atoms with E-state index in [1.54, 1.807) is 4.90 Å². The predicted octanol–water partition coefficient (Wildman–Crippen LogP) is 3.29. The number of carbonyl (C=O) groups is 2. The minimum absolute atomic E-state index is 0.153. The molecule has 0 unspecified atom stereocenters. The Labute approximate surface area is 211 Å². The number of nitrogens with two attached hydrogens (primary N) is 1. The number of nitro groups is 2. The average molecular weight is 505 g/mol. The van der Waals surface area contributed by atoms with Gasteiger partial charge in [0.05, 0.1) is 27.2 Å². The first-order valence-corrected chi connectivity index (χ1v) is 11.4. The third kappa shape index (κ3) is 5.54. The molecule has 0 aliphatic carbocycles. The maximum atomic E-state index is 13.0. The van der Waals surface area contributed by atoms with Gasteiger partial charge in [0.25, 0.3) is 23.2 Å². The Morgan fingerprint density at radius 3 is 1.97 bits per heavy atom. The molecule has 2 amide bonds. The third-order valence-electron chi connectivity index (χ3n) is 6.12. The van der Waals surface area contributed by atoms with Crippen LogP contribution in [0.5, 0.6) is 0 Å². The maximum absolute atomic E-state index is 13.0. The monoisotopic (exact) mass is 504 g/mol. The van der Waals surface area contributed by atoms with Gasteiger partial charge in [-0.2, -0.15) is 0 Å². The lowest BCUT2D eigenvalue weighted by atomic mass is 10.1. The van der Waals surface area contributed by atoms with Gasteiger partial charge in [-0.25, -0.2) is 10.9 Å². The standard InChI is InChI=1S/C25H24N6O6/c1-17-3-2-4-21(13-17)27-9-11-28(12-10-27)24(32)18-5-7-20(8-6-18)29(26)25(33)19-14-22(30(34)35)16-23(15-19)31(36)37/h2-8,13-16H,9-12,26H2,1H3. The highest BCUT2D eigenvalue weighted by Crippen LogP contribution is 2.25. The van der Waals surface area contributed by atoms with Crippen LogP contribution in [0, 0.1) is 27.2 Å². The van der Waals surface area contributed by atoms with E-state index >= 15 is 0 Å². The first-order chi connectivity index (χ1) is 17.6. The number of anilines is 2. The van der Waals surface area contributed by atoms with E-state index in [0.29, 0.717) is 31.7 Å². The first kappa shape index (κ1) is 25.3. The van der Waals surface area contributed by atoms with Crippen molar-refractivity contribution in [3.05, 3.63) is 104 Å². The number of nitro benzene ring substituents is 2. The number of nitrogens with zero attached hydrogens (tertiary/aromatic N) is 5. The molecule has 2 N–H and O–H groups in total. The van der Waals surface area contributed by atoms with Crippen LogP contribution in [-0.2, 0) is 0 Å². The minimum Gasteiger partial charge on any atom is -0.368 e. The van der Waals surface area contributed by atoms with Crippen molar-refractivity contribution in [1.29, 1.82) is 0 Å². The largest absolute Gasteiger partial charge is 0.368 e. The van der Waals surface area contributed by atoms with E-state index < -0.39 is 27.1 Å². The molecule has 1 aliphatic rings. The molecular weight excluding hydrogens is 480 g/mol. The van der Waals surface area contributed by atoms with Gasteiger partial charge < -0.3 is 9.80 Å². The highest BCUT2D eigenvalue weighted by molar-refractivity contribution is 6.06. The van der Waals surface area contributed by atoms with E-state index in [2.05, 4.69) is 17.0 Å². The third-order valence-corrected chi connectivity index (χ3v) is 6.12. The van der Waals surface area contributed by atoms with Crippen LogP contribution in [0.1, 0.15) is 26.3 Å². The minimum atomic E-state index is -0.877. The molecule has 12 heteroatoms. The maximum Gasteiger partial charge on any atom is 0.277 e. The molecule has 1 heterocycles. The van der Waals surface area contributed by atoms with Crippen molar-refractivity contribution in [3.8, 4) is 0 Å². The summed E-state index contributed by atoms with van der Waals surface area (Å²) in [6.07, 6.45) is 0. The summed E-state index contributed by atoms with van der Waals surface area (Å²) in [5, 5.41) is 22.9. The zero-order chi connectivity index (χ0) is 26.7. The van der Waals surface area contributed by atoms with Crippen LogP contribution in [0.25, 0.3) is 0 Å². The predicted molar refractivity (Wildman–Crippen MR) is 136 cm³/mol. The van der Waals surface area contributed by atoms with E-state index in [1.165, 1.54) is 29.8 Å². The lowest BCUT2D eigenvalue weighted by Crippen LogP contribution is -2.48. The Morgan fingerprint density at radius 2 is 1.43 bits per heavy atom. The van der Waals surface area contributed by atoms with Crippen molar-refractivity contribution in [2.75, 3.05) is 36.1 Å². The molecule has 37 heavy (non-hydrogen) atoms. The van der Waals surface area contributed by atoms with E-state index in [1.807, 2.05) is 19.1 Å². The summed E-state index contributed by atoms with van der Waals surface area (Å²) in [6.45, 7) is 4.56. The SMILES string of the molecule is Cc1cccc(N2CCN(C(=O)c3ccc(N(N)C(=O)c4cc([N+](=O)[O-])cc([N+](=O)[O-])c4)cc3)CC2)c1. The molecular formula is C25H24N6O6. The van der Waals surface area contributed by atoms with Crippen molar-refractivity contribution >= 4 is 34.6 Å². The van der Waals surface area contributed by atoms with Gasteiger partial charge in [0.2, 0.25) is 0 Å².